The molecule has 0 spiro atoms. The number of rotatable bonds is 0. The van der Waals surface area contributed by atoms with Gasteiger partial charge >= 0.3 is 0 Å². The number of benzene rings is 1. The van der Waals surface area contributed by atoms with E-state index in [1.54, 1.807) is 0 Å². The van der Waals surface area contributed by atoms with Crippen LogP contribution in [0.25, 0.3) is 10.2 Å². The number of thiazole rings is 1. The van der Waals surface area contributed by atoms with Crippen molar-refractivity contribution in [2.24, 2.45) is 0 Å². The Morgan fingerprint density at radius 2 is 2.06 bits per heavy atom. The van der Waals surface area contributed by atoms with Crippen molar-refractivity contribution in [3.8, 4) is 0 Å². The molecule has 16 heavy (non-hydrogen) atoms. The second kappa shape index (κ2) is 5.82. The molecule has 1 aliphatic heterocycles. The third kappa shape index (κ3) is 2.46. The van der Waals surface area contributed by atoms with Crippen molar-refractivity contribution in [1.82, 2.24) is 0 Å². The molecular formula is C10H12Br2NOS2+. The smallest absolute Gasteiger partial charge is 0.298 e. The third-order valence-electron chi connectivity index (χ3n) is 2.34. The standard InChI is InChI=1S/C10H9BrNS2.BrH.H2O/c11-7-5-12-8-3-1-2-4-9(8)14-10(12)13-6-7;;/h1-4,7H,5-6H2;1H;1H2/q+1;;. The molecule has 0 saturated carbocycles. The minimum absolute atomic E-state index is 0. The first-order valence-electron chi connectivity index (χ1n) is 4.53. The molecule has 2 aromatic rings. The fourth-order valence-electron chi connectivity index (χ4n) is 1.71. The Labute approximate surface area is 121 Å². The summed E-state index contributed by atoms with van der Waals surface area (Å²) in [6.07, 6.45) is 0. The maximum Gasteiger partial charge on any atom is 0.298 e. The first kappa shape index (κ1) is 14.4. The molecule has 1 unspecified atom stereocenters. The topological polar surface area (TPSA) is 35.4 Å². The molecular weight excluding hydrogens is 374 g/mol. The lowest BCUT2D eigenvalue weighted by Crippen LogP contribution is -2.42. The van der Waals surface area contributed by atoms with Gasteiger partial charge in [0.25, 0.3) is 4.34 Å². The first-order valence-corrected chi connectivity index (χ1v) is 7.24. The predicted octanol–water partition coefficient (Wildman–Crippen LogP) is 2.81. The average Bonchev–Trinajstić information content (AvgIpc) is 2.56. The normalized spacial score (nSPS) is 18.4. The van der Waals surface area contributed by atoms with Gasteiger partial charge in [0.05, 0.1) is 4.83 Å². The van der Waals surface area contributed by atoms with Crippen LogP contribution in [-0.4, -0.2) is 16.1 Å². The molecule has 88 valence electrons. The van der Waals surface area contributed by atoms with Gasteiger partial charge in [-0.3, -0.25) is 0 Å². The van der Waals surface area contributed by atoms with E-state index in [2.05, 4.69) is 44.8 Å². The molecule has 0 fully saturated rings. The molecule has 1 aromatic carbocycles. The fraction of sp³-hybridized carbons (Fsp3) is 0.300. The number of hydrogen-bond donors (Lipinski definition) is 0. The van der Waals surface area contributed by atoms with Crippen molar-refractivity contribution >= 4 is 66.2 Å². The van der Waals surface area contributed by atoms with E-state index in [0.717, 1.165) is 6.54 Å². The lowest BCUT2D eigenvalue weighted by atomic mass is 10.3. The van der Waals surface area contributed by atoms with Gasteiger partial charge in [-0.2, -0.15) is 4.57 Å². The van der Waals surface area contributed by atoms with E-state index >= 15 is 0 Å². The molecule has 3 rings (SSSR count). The second-order valence-electron chi connectivity index (χ2n) is 3.35. The fourth-order valence-corrected chi connectivity index (χ4v) is 4.76. The van der Waals surface area contributed by atoms with Crippen molar-refractivity contribution in [3.05, 3.63) is 24.3 Å². The maximum atomic E-state index is 3.69. The quantitative estimate of drug-likeness (QED) is 0.507. The maximum absolute atomic E-state index is 3.69. The Morgan fingerprint density at radius 1 is 1.31 bits per heavy atom. The molecule has 0 radical (unpaired) electrons. The van der Waals surface area contributed by atoms with Crippen molar-refractivity contribution < 1.29 is 10.0 Å². The monoisotopic (exact) mass is 384 g/mol. The van der Waals surface area contributed by atoms with Gasteiger partial charge in [0.1, 0.15) is 4.70 Å². The number of hydrogen-bond acceptors (Lipinski definition) is 2. The van der Waals surface area contributed by atoms with Gasteiger partial charge in [-0.25, -0.2) is 0 Å². The Bertz CT molecular complexity index is 489. The average molecular weight is 386 g/mol. The predicted molar refractivity (Wildman–Crippen MR) is 79.4 cm³/mol. The van der Waals surface area contributed by atoms with Crippen LogP contribution in [0.1, 0.15) is 0 Å². The number of para-hydroxylation sites is 1. The molecule has 2 nitrogen and oxygen atoms in total. The van der Waals surface area contributed by atoms with Gasteiger partial charge < -0.3 is 5.48 Å². The van der Waals surface area contributed by atoms with Crippen LogP contribution in [0.4, 0.5) is 0 Å². The van der Waals surface area contributed by atoms with Gasteiger partial charge in [-0.15, -0.1) is 17.0 Å². The number of thioether (sulfide) groups is 1. The molecule has 2 N–H and O–H groups in total. The van der Waals surface area contributed by atoms with Crippen molar-refractivity contribution in [3.63, 3.8) is 0 Å². The largest absolute Gasteiger partial charge is 0.412 e. The van der Waals surface area contributed by atoms with Crippen LogP contribution in [0, 0.1) is 0 Å². The summed E-state index contributed by atoms with van der Waals surface area (Å²) in [7, 11) is 0. The lowest BCUT2D eigenvalue weighted by Gasteiger charge is -2.10. The van der Waals surface area contributed by atoms with E-state index in [1.807, 2.05) is 23.1 Å². The zero-order chi connectivity index (χ0) is 9.54. The number of aromatic nitrogens is 1. The van der Waals surface area contributed by atoms with Crippen LogP contribution in [-0.2, 0) is 6.54 Å². The molecule has 6 heteroatoms. The second-order valence-corrected chi connectivity index (χ2v) is 6.95. The zero-order valence-corrected chi connectivity index (χ0v) is 13.3. The zero-order valence-electron chi connectivity index (χ0n) is 8.35. The molecule has 1 aromatic heterocycles. The summed E-state index contributed by atoms with van der Waals surface area (Å²) in [5.41, 5.74) is 1.38. The van der Waals surface area contributed by atoms with Crippen LogP contribution in [0.5, 0.6) is 0 Å². The van der Waals surface area contributed by atoms with E-state index in [0.29, 0.717) is 4.83 Å². The number of halogens is 2. The summed E-state index contributed by atoms with van der Waals surface area (Å²) in [6, 6.07) is 8.64. The summed E-state index contributed by atoms with van der Waals surface area (Å²) in [5.74, 6) is 1.19. The Morgan fingerprint density at radius 3 is 2.88 bits per heavy atom. The van der Waals surface area contributed by atoms with E-state index in [9.17, 15) is 0 Å². The van der Waals surface area contributed by atoms with Crippen molar-refractivity contribution in [1.29, 1.82) is 0 Å². The van der Waals surface area contributed by atoms with Gasteiger partial charge in [-0.05, 0) is 17.8 Å². The SMILES string of the molecule is Br.BrC1CSc2sc3ccccc3[n+]2C1.O. The van der Waals surface area contributed by atoms with Crippen LogP contribution >= 0.6 is 56.0 Å². The highest BCUT2D eigenvalue weighted by atomic mass is 79.9. The van der Waals surface area contributed by atoms with E-state index < -0.39 is 0 Å². The van der Waals surface area contributed by atoms with Crippen molar-refractivity contribution in [2.45, 2.75) is 15.7 Å². The highest BCUT2D eigenvalue weighted by Crippen LogP contribution is 2.32. The molecule has 0 aliphatic carbocycles. The van der Waals surface area contributed by atoms with Gasteiger partial charge in [0.15, 0.2) is 6.54 Å². The summed E-state index contributed by atoms with van der Waals surface area (Å²) in [6.45, 7) is 1.10. The van der Waals surface area contributed by atoms with Crippen LogP contribution in [0.2, 0.25) is 0 Å². The van der Waals surface area contributed by atoms with Gasteiger partial charge in [0, 0.05) is 11.8 Å². The first-order chi connectivity index (χ1) is 6.84. The third-order valence-corrected chi connectivity index (χ3v) is 5.98. The molecule has 0 bridgehead atoms. The van der Waals surface area contributed by atoms with Gasteiger partial charge in [-0.1, -0.05) is 39.4 Å². The summed E-state index contributed by atoms with van der Waals surface area (Å²) >= 11 is 7.56. The Kier molecular flexibility index (Phi) is 5.25. The highest BCUT2D eigenvalue weighted by molar-refractivity contribution is 9.09. The number of alkyl halides is 1. The molecule has 1 aliphatic rings. The van der Waals surface area contributed by atoms with Crippen LogP contribution < -0.4 is 4.57 Å². The molecule has 0 saturated heterocycles. The molecule has 2 heterocycles. The summed E-state index contributed by atoms with van der Waals surface area (Å²) < 4.78 is 5.27. The summed E-state index contributed by atoms with van der Waals surface area (Å²) in [4.78, 5) is 0.614. The number of nitrogens with zero attached hydrogens (tertiary/aromatic N) is 1. The molecule has 1 atom stereocenters. The Balaban J connectivity index is 0.000000640. The van der Waals surface area contributed by atoms with Crippen LogP contribution in [0.3, 0.4) is 0 Å². The molecule has 0 amide bonds. The minimum Gasteiger partial charge on any atom is -0.412 e. The van der Waals surface area contributed by atoms with Gasteiger partial charge in [0.2, 0.25) is 5.52 Å². The summed E-state index contributed by atoms with van der Waals surface area (Å²) in [5, 5.41) is 0. The number of fused-ring (bicyclic) bond motifs is 3. The van der Waals surface area contributed by atoms with Crippen LogP contribution in [0.15, 0.2) is 28.6 Å². The lowest BCUT2D eigenvalue weighted by molar-refractivity contribution is -0.702. The minimum atomic E-state index is 0. The van der Waals surface area contributed by atoms with E-state index in [-0.39, 0.29) is 22.5 Å². The Hall–Kier alpha value is 0.380. The van der Waals surface area contributed by atoms with E-state index in [4.69, 9.17) is 0 Å². The highest BCUT2D eigenvalue weighted by Gasteiger charge is 2.28. The van der Waals surface area contributed by atoms with E-state index in [1.165, 1.54) is 20.3 Å². The van der Waals surface area contributed by atoms with Crippen molar-refractivity contribution in [2.75, 3.05) is 5.75 Å².